The first kappa shape index (κ1) is 13.2. The topological polar surface area (TPSA) is 27.7 Å². The van der Waals surface area contributed by atoms with Crippen molar-refractivity contribution in [2.24, 2.45) is 0 Å². The molecule has 2 aliphatic rings. The molecule has 1 aliphatic heterocycles. The molecule has 1 aliphatic carbocycles. The Bertz CT molecular complexity index is 445. The second-order valence-corrected chi connectivity index (χ2v) is 5.68. The third-order valence-electron chi connectivity index (χ3n) is 4.21. The Hall–Kier alpha value is -0.770. The van der Waals surface area contributed by atoms with Crippen LogP contribution in [0.15, 0.2) is 18.2 Å². The lowest BCUT2D eigenvalue weighted by atomic mass is 9.81. The number of ether oxygens (including phenoxy) is 3. The van der Waals surface area contributed by atoms with E-state index in [9.17, 15) is 0 Å². The fourth-order valence-electron chi connectivity index (χ4n) is 3.11. The Kier molecular flexibility index (Phi) is 3.70. The molecular formula is C15H19ClO3. The molecule has 2 fully saturated rings. The lowest BCUT2D eigenvalue weighted by molar-refractivity contribution is -0.178. The van der Waals surface area contributed by atoms with Gasteiger partial charge in [-0.1, -0.05) is 17.7 Å². The van der Waals surface area contributed by atoms with Crippen molar-refractivity contribution < 1.29 is 14.2 Å². The van der Waals surface area contributed by atoms with E-state index >= 15 is 0 Å². The molecule has 1 aromatic carbocycles. The number of benzene rings is 1. The van der Waals surface area contributed by atoms with Crippen LogP contribution in [0.5, 0.6) is 5.75 Å². The Morgan fingerprint density at radius 1 is 1.21 bits per heavy atom. The van der Waals surface area contributed by atoms with Crippen LogP contribution in [0.2, 0.25) is 5.02 Å². The lowest BCUT2D eigenvalue weighted by Gasteiger charge is -2.35. The molecule has 1 saturated carbocycles. The molecule has 1 aromatic rings. The molecule has 3 rings (SSSR count). The average Bonchev–Trinajstić information content (AvgIpc) is 2.88. The summed E-state index contributed by atoms with van der Waals surface area (Å²) in [4.78, 5) is 0. The summed E-state index contributed by atoms with van der Waals surface area (Å²) >= 11 is 6.19. The van der Waals surface area contributed by atoms with E-state index in [1.54, 1.807) is 7.11 Å². The number of hydrogen-bond donors (Lipinski definition) is 0. The molecular weight excluding hydrogens is 264 g/mol. The predicted octanol–water partition coefficient (Wildman–Crippen LogP) is 3.75. The van der Waals surface area contributed by atoms with Crippen LogP contribution in [-0.4, -0.2) is 26.1 Å². The molecule has 4 heteroatoms. The standard InChI is InChI=1S/C15H19ClO3/c1-17-14-3-2-12(10-13(14)16)11-4-6-15(7-5-11)18-8-9-19-15/h2-3,10-11H,4-9H2,1H3. The highest BCUT2D eigenvalue weighted by molar-refractivity contribution is 6.32. The van der Waals surface area contributed by atoms with Gasteiger partial charge in [-0.05, 0) is 36.5 Å². The van der Waals surface area contributed by atoms with E-state index in [2.05, 4.69) is 6.07 Å². The summed E-state index contributed by atoms with van der Waals surface area (Å²) in [5, 5.41) is 0.689. The molecule has 0 bridgehead atoms. The highest BCUT2D eigenvalue weighted by atomic mass is 35.5. The van der Waals surface area contributed by atoms with Crippen molar-refractivity contribution in [3.05, 3.63) is 28.8 Å². The Labute approximate surface area is 118 Å². The van der Waals surface area contributed by atoms with E-state index in [0.29, 0.717) is 10.9 Å². The molecule has 0 amide bonds. The Morgan fingerprint density at radius 2 is 1.89 bits per heavy atom. The Morgan fingerprint density at radius 3 is 2.47 bits per heavy atom. The number of hydrogen-bond acceptors (Lipinski definition) is 3. The zero-order valence-electron chi connectivity index (χ0n) is 11.2. The van der Waals surface area contributed by atoms with Gasteiger partial charge in [0.1, 0.15) is 5.75 Å². The molecule has 0 unspecified atom stereocenters. The van der Waals surface area contributed by atoms with Crippen LogP contribution in [0.3, 0.4) is 0 Å². The van der Waals surface area contributed by atoms with Crippen LogP contribution in [0.25, 0.3) is 0 Å². The maximum Gasteiger partial charge on any atom is 0.168 e. The number of halogens is 1. The lowest BCUT2D eigenvalue weighted by Crippen LogP contribution is -2.34. The summed E-state index contributed by atoms with van der Waals surface area (Å²) in [6.45, 7) is 1.47. The van der Waals surface area contributed by atoms with Gasteiger partial charge in [0, 0.05) is 12.8 Å². The fourth-order valence-corrected chi connectivity index (χ4v) is 3.38. The van der Waals surface area contributed by atoms with Gasteiger partial charge >= 0.3 is 0 Å². The summed E-state index contributed by atoms with van der Waals surface area (Å²) < 4.78 is 16.7. The molecule has 0 radical (unpaired) electrons. The molecule has 19 heavy (non-hydrogen) atoms. The first-order valence-corrected chi connectivity index (χ1v) is 7.22. The molecule has 104 valence electrons. The third-order valence-corrected chi connectivity index (χ3v) is 4.50. The summed E-state index contributed by atoms with van der Waals surface area (Å²) in [7, 11) is 1.64. The summed E-state index contributed by atoms with van der Waals surface area (Å²) in [5.41, 5.74) is 1.29. The second-order valence-electron chi connectivity index (χ2n) is 5.28. The van der Waals surface area contributed by atoms with Gasteiger partial charge in [-0.2, -0.15) is 0 Å². The van der Waals surface area contributed by atoms with Gasteiger partial charge < -0.3 is 14.2 Å². The van der Waals surface area contributed by atoms with E-state index in [1.807, 2.05) is 12.1 Å². The SMILES string of the molecule is COc1ccc(C2CCC3(CC2)OCCO3)cc1Cl. The van der Waals surface area contributed by atoms with Gasteiger partial charge in [-0.25, -0.2) is 0 Å². The maximum absolute atomic E-state index is 6.19. The van der Waals surface area contributed by atoms with E-state index in [1.165, 1.54) is 5.56 Å². The van der Waals surface area contributed by atoms with Crippen LogP contribution in [0.1, 0.15) is 37.2 Å². The Balaban J connectivity index is 1.69. The van der Waals surface area contributed by atoms with E-state index < -0.39 is 0 Å². The highest BCUT2D eigenvalue weighted by Gasteiger charge is 2.40. The predicted molar refractivity (Wildman–Crippen MR) is 73.8 cm³/mol. The summed E-state index contributed by atoms with van der Waals surface area (Å²) in [6.07, 6.45) is 4.12. The van der Waals surface area contributed by atoms with Gasteiger partial charge in [-0.15, -0.1) is 0 Å². The van der Waals surface area contributed by atoms with Gasteiger partial charge in [0.15, 0.2) is 5.79 Å². The van der Waals surface area contributed by atoms with Crippen molar-refractivity contribution in [3.8, 4) is 5.75 Å². The van der Waals surface area contributed by atoms with Gasteiger partial charge in [0.2, 0.25) is 0 Å². The molecule has 0 atom stereocenters. The van der Waals surface area contributed by atoms with E-state index in [-0.39, 0.29) is 5.79 Å². The molecule has 1 heterocycles. The summed E-state index contributed by atoms with van der Waals surface area (Å²) in [5.74, 6) is 0.995. The van der Waals surface area contributed by atoms with Crippen molar-refractivity contribution in [3.63, 3.8) is 0 Å². The quantitative estimate of drug-likeness (QED) is 0.827. The van der Waals surface area contributed by atoms with Gasteiger partial charge in [0.25, 0.3) is 0 Å². The average molecular weight is 283 g/mol. The van der Waals surface area contributed by atoms with E-state index in [4.69, 9.17) is 25.8 Å². The zero-order chi connectivity index (χ0) is 13.3. The zero-order valence-corrected chi connectivity index (χ0v) is 11.9. The van der Waals surface area contributed by atoms with Crippen molar-refractivity contribution >= 4 is 11.6 Å². The van der Waals surface area contributed by atoms with Crippen molar-refractivity contribution in [1.29, 1.82) is 0 Å². The molecule has 0 N–H and O–H groups in total. The summed E-state index contributed by atoms with van der Waals surface area (Å²) in [6, 6.07) is 6.09. The van der Waals surface area contributed by atoms with Crippen LogP contribution in [0, 0.1) is 0 Å². The minimum atomic E-state index is -0.285. The first-order valence-electron chi connectivity index (χ1n) is 6.84. The third kappa shape index (κ3) is 2.60. The number of methoxy groups -OCH3 is 1. The van der Waals surface area contributed by atoms with Gasteiger partial charge in [0.05, 0.1) is 25.3 Å². The smallest absolute Gasteiger partial charge is 0.168 e. The minimum Gasteiger partial charge on any atom is -0.495 e. The highest BCUT2D eigenvalue weighted by Crippen LogP contribution is 2.43. The fraction of sp³-hybridized carbons (Fsp3) is 0.600. The van der Waals surface area contributed by atoms with Crippen LogP contribution in [-0.2, 0) is 9.47 Å². The van der Waals surface area contributed by atoms with Crippen LogP contribution >= 0.6 is 11.6 Å². The van der Waals surface area contributed by atoms with E-state index in [0.717, 1.165) is 44.6 Å². The van der Waals surface area contributed by atoms with Crippen LogP contribution in [0.4, 0.5) is 0 Å². The molecule has 3 nitrogen and oxygen atoms in total. The monoisotopic (exact) mass is 282 g/mol. The second kappa shape index (κ2) is 5.31. The molecule has 0 aromatic heterocycles. The molecule has 1 saturated heterocycles. The maximum atomic E-state index is 6.19. The van der Waals surface area contributed by atoms with Crippen molar-refractivity contribution in [2.45, 2.75) is 37.4 Å². The van der Waals surface area contributed by atoms with Crippen LogP contribution < -0.4 is 4.74 Å². The first-order chi connectivity index (χ1) is 9.22. The molecule has 1 spiro atoms. The normalized spacial score (nSPS) is 22.8. The largest absolute Gasteiger partial charge is 0.495 e. The minimum absolute atomic E-state index is 0.285. The van der Waals surface area contributed by atoms with Gasteiger partial charge in [-0.3, -0.25) is 0 Å². The van der Waals surface area contributed by atoms with Crippen molar-refractivity contribution in [1.82, 2.24) is 0 Å². The number of rotatable bonds is 2. The van der Waals surface area contributed by atoms with Crippen molar-refractivity contribution in [2.75, 3.05) is 20.3 Å².